The second-order valence-corrected chi connectivity index (χ2v) is 7.10. The van der Waals surface area contributed by atoms with Crippen LogP contribution in [-0.4, -0.2) is 41.1 Å². The maximum Gasteiger partial charge on any atom is 0.573 e. The Balaban J connectivity index is 1.88. The number of hydrogen-bond acceptors (Lipinski definition) is 6. The van der Waals surface area contributed by atoms with Crippen molar-refractivity contribution in [1.29, 1.82) is 5.26 Å². The Labute approximate surface area is 170 Å². The minimum absolute atomic E-state index is 0.0961. The SMILES string of the molecule is N#Cc1c(N2CCC(CCO)CC2)nc(Cc2ccccc2OC(F)(F)F)[nH]c1=O. The Morgan fingerprint density at radius 1 is 1.30 bits per heavy atom. The number of piperidine rings is 1. The first kappa shape index (κ1) is 21.6. The molecular weight excluding hydrogens is 401 g/mol. The summed E-state index contributed by atoms with van der Waals surface area (Å²) < 4.78 is 42.0. The fourth-order valence-electron chi connectivity index (χ4n) is 3.59. The number of H-pyrrole nitrogens is 1. The van der Waals surface area contributed by atoms with Crippen LogP contribution in [0.5, 0.6) is 5.75 Å². The molecule has 1 aliphatic heterocycles. The van der Waals surface area contributed by atoms with Crippen molar-refractivity contribution in [3.63, 3.8) is 0 Å². The fraction of sp³-hybridized carbons (Fsp3) is 0.450. The molecule has 1 aliphatic rings. The van der Waals surface area contributed by atoms with Crippen LogP contribution in [0.3, 0.4) is 0 Å². The van der Waals surface area contributed by atoms with Gasteiger partial charge in [-0.05, 0) is 31.2 Å². The highest BCUT2D eigenvalue weighted by Crippen LogP contribution is 2.28. The third kappa shape index (κ3) is 5.30. The number of nitrogens with one attached hydrogen (secondary N) is 1. The summed E-state index contributed by atoms with van der Waals surface area (Å²) in [5, 5.41) is 18.5. The molecule has 0 aliphatic carbocycles. The zero-order valence-corrected chi connectivity index (χ0v) is 16.1. The van der Waals surface area contributed by atoms with Gasteiger partial charge in [0, 0.05) is 31.7 Å². The molecule has 0 atom stereocenters. The second kappa shape index (κ2) is 9.17. The van der Waals surface area contributed by atoms with E-state index in [1.54, 1.807) is 6.07 Å². The monoisotopic (exact) mass is 422 g/mol. The van der Waals surface area contributed by atoms with Crippen LogP contribution in [0.15, 0.2) is 29.1 Å². The van der Waals surface area contributed by atoms with Crippen molar-refractivity contribution in [3.8, 4) is 11.8 Å². The molecule has 0 spiro atoms. The normalized spacial score (nSPS) is 15.1. The van der Waals surface area contributed by atoms with E-state index in [4.69, 9.17) is 5.11 Å². The molecule has 7 nitrogen and oxygen atoms in total. The summed E-state index contributed by atoms with van der Waals surface area (Å²) in [5.74, 6) is 0.366. The number of nitriles is 1. The minimum Gasteiger partial charge on any atom is -0.405 e. The van der Waals surface area contributed by atoms with Gasteiger partial charge in [-0.1, -0.05) is 18.2 Å². The molecule has 0 bridgehead atoms. The van der Waals surface area contributed by atoms with E-state index in [0.717, 1.165) is 12.8 Å². The van der Waals surface area contributed by atoms with Crippen LogP contribution in [0.4, 0.5) is 19.0 Å². The maximum absolute atomic E-state index is 12.7. The molecule has 0 saturated carbocycles. The third-order valence-corrected chi connectivity index (χ3v) is 5.07. The fourth-order valence-corrected chi connectivity index (χ4v) is 3.59. The zero-order chi connectivity index (χ0) is 21.7. The average Bonchev–Trinajstić information content (AvgIpc) is 2.69. The van der Waals surface area contributed by atoms with Crippen molar-refractivity contribution in [3.05, 3.63) is 51.6 Å². The summed E-state index contributed by atoms with van der Waals surface area (Å²) >= 11 is 0. The summed E-state index contributed by atoms with van der Waals surface area (Å²) in [6.07, 6.45) is -2.66. The van der Waals surface area contributed by atoms with E-state index in [1.807, 2.05) is 11.0 Å². The van der Waals surface area contributed by atoms with Crippen LogP contribution in [-0.2, 0) is 6.42 Å². The van der Waals surface area contributed by atoms with Crippen molar-refractivity contribution < 1.29 is 23.0 Å². The molecule has 160 valence electrons. The molecule has 0 unspecified atom stereocenters. The highest BCUT2D eigenvalue weighted by atomic mass is 19.4. The van der Waals surface area contributed by atoms with Gasteiger partial charge in [0.1, 0.15) is 17.6 Å². The number of halogens is 3. The molecule has 2 aromatic rings. The molecule has 30 heavy (non-hydrogen) atoms. The van der Waals surface area contributed by atoms with Gasteiger partial charge in [-0.15, -0.1) is 13.2 Å². The molecule has 0 radical (unpaired) electrons. The van der Waals surface area contributed by atoms with Gasteiger partial charge in [-0.25, -0.2) is 4.98 Å². The standard InChI is InChI=1S/C20H21F3N4O3/c21-20(22,23)30-16-4-2-1-3-14(16)11-17-25-18(15(12-24)19(29)26-17)27-8-5-13(6-9-27)7-10-28/h1-4,13,28H,5-11H2,(H,25,26,29). The molecule has 2 heterocycles. The smallest absolute Gasteiger partial charge is 0.405 e. The molecule has 1 aromatic heterocycles. The van der Waals surface area contributed by atoms with Crippen LogP contribution in [0, 0.1) is 17.2 Å². The number of aliphatic hydroxyl groups excluding tert-OH is 1. The molecule has 0 amide bonds. The molecular formula is C20H21F3N4O3. The van der Waals surface area contributed by atoms with E-state index in [-0.39, 0.29) is 41.5 Å². The molecule has 2 N–H and O–H groups in total. The Morgan fingerprint density at radius 2 is 2.00 bits per heavy atom. The van der Waals surface area contributed by atoms with Gasteiger partial charge in [-0.2, -0.15) is 5.26 Å². The minimum atomic E-state index is -4.84. The Hall–Kier alpha value is -3.06. The van der Waals surface area contributed by atoms with Gasteiger partial charge < -0.3 is 19.7 Å². The number of hydrogen-bond donors (Lipinski definition) is 2. The Morgan fingerprint density at radius 3 is 2.63 bits per heavy atom. The Kier molecular flexibility index (Phi) is 6.62. The lowest BCUT2D eigenvalue weighted by molar-refractivity contribution is -0.274. The van der Waals surface area contributed by atoms with Gasteiger partial charge in [-0.3, -0.25) is 4.79 Å². The quantitative estimate of drug-likeness (QED) is 0.742. The number of aromatic nitrogens is 2. The van der Waals surface area contributed by atoms with E-state index in [0.29, 0.717) is 25.4 Å². The number of anilines is 1. The van der Waals surface area contributed by atoms with E-state index in [2.05, 4.69) is 14.7 Å². The van der Waals surface area contributed by atoms with Crippen LogP contribution in [0.1, 0.15) is 36.2 Å². The predicted molar refractivity (Wildman–Crippen MR) is 102 cm³/mol. The van der Waals surface area contributed by atoms with Gasteiger partial charge in [0.2, 0.25) is 0 Å². The lowest BCUT2D eigenvalue weighted by Gasteiger charge is -2.33. The van der Waals surface area contributed by atoms with Gasteiger partial charge in [0.25, 0.3) is 5.56 Å². The number of aliphatic hydroxyl groups is 1. The number of ether oxygens (including phenoxy) is 1. The summed E-state index contributed by atoms with van der Waals surface area (Å²) in [6.45, 7) is 1.26. The molecule has 1 fully saturated rings. The highest BCUT2D eigenvalue weighted by molar-refractivity contribution is 5.53. The second-order valence-electron chi connectivity index (χ2n) is 7.10. The lowest BCUT2D eigenvalue weighted by atomic mass is 9.94. The van der Waals surface area contributed by atoms with Crippen LogP contribution < -0.4 is 15.2 Å². The number of alkyl halides is 3. The Bertz CT molecular complexity index is 976. The maximum atomic E-state index is 12.7. The van der Waals surface area contributed by atoms with E-state index >= 15 is 0 Å². The van der Waals surface area contributed by atoms with Crippen molar-refractivity contribution in [1.82, 2.24) is 9.97 Å². The first-order valence-electron chi connectivity index (χ1n) is 9.53. The van der Waals surface area contributed by atoms with Crippen LogP contribution in [0.2, 0.25) is 0 Å². The molecule has 1 saturated heterocycles. The summed E-state index contributed by atoms with van der Waals surface area (Å²) in [5.41, 5.74) is -0.557. The number of aromatic amines is 1. The largest absolute Gasteiger partial charge is 0.573 e. The molecule has 3 rings (SSSR count). The van der Waals surface area contributed by atoms with Crippen LogP contribution >= 0.6 is 0 Å². The van der Waals surface area contributed by atoms with Crippen molar-refractivity contribution in [2.45, 2.75) is 32.0 Å². The molecule has 1 aromatic carbocycles. The summed E-state index contributed by atoms with van der Waals surface area (Å²) in [7, 11) is 0. The first-order chi connectivity index (χ1) is 14.3. The van der Waals surface area contributed by atoms with Gasteiger partial charge in [0.05, 0.1) is 0 Å². The number of rotatable bonds is 6. The van der Waals surface area contributed by atoms with Crippen molar-refractivity contribution >= 4 is 5.82 Å². The van der Waals surface area contributed by atoms with Gasteiger partial charge >= 0.3 is 6.36 Å². The first-order valence-corrected chi connectivity index (χ1v) is 9.53. The zero-order valence-electron chi connectivity index (χ0n) is 16.1. The van der Waals surface area contributed by atoms with Crippen molar-refractivity contribution in [2.75, 3.05) is 24.6 Å². The summed E-state index contributed by atoms with van der Waals surface area (Å²) in [4.78, 5) is 21.1. The lowest BCUT2D eigenvalue weighted by Crippen LogP contribution is -2.36. The van der Waals surface area contributed by atoms with E-state index < -0.39 is 11.9 Å². The summed E-state index contributed by atoms with van der Waals surface area (Å²) in [6, 6.07) is 7.50. The van der Waals surface area contributed by atoms with Gasteiger partial charge in [0.15, 0.2) is 11.4 Å². The van der Waals surface area contributed by atoms with Crippen LogP contribution in [0.25, 0.3) is 0 Å². The van der Waals surface area contributed by atoms with Crippen molar-refractivity contribution in [2.24, 2.45) is 5.92 Å². The molecule has 10 heteroatoms. The number of para-hydroxylation sites is 1. The topological polar surface area (TPSA) is 102 Å². The number of benzene rings is 1. The predicted octanol–water partition coefficient (Wildman–Crippen LogP) is 2.73. The van der Waals surface area contributed by atoms with E-state index in [9.17, 15) is 23.2 Å². The number of nitrogens with zero attached hydrogens (tertiary/aromatic N) is 3. The van der Waals surface area contributed by atoms with E-state index in [1.165, 1.54) is 18.2 Å². The third-order valence-electron chi connectivity index (χ3n) is 5.07. The highest BCUT2D eigenvalue weighted by Gasteiger charge is 2.32. The average molecular weight is 422 g/mol.